The van der Waals surface area contributed by atoms with Gasteiger partial charge in [-0.15, -0.1) is 0 Å². The van der Waals surface area contributed by atoms with E-state index < -0.39 is 0 Å². The minimum atomic E-state index is 0.137. The highest BCUT2D eigenvalue weighted by atomic mass is 16.2. The van der Waals surface area contributed by atoms with Gasteiger partial charge in [-0.1, -0.05) is 38.0 Å². The van der Waals surface area contributed by atoms with Crippen LogP contribution in [0.4, 0.5) is 0 Å². The minimum absolute atomic E-state index is 0.137. The quantitative estimate of drug-likeness (QED) is 0.917. The van der Waals surface area contributed by atoms with Gasteiger partial charge in [0, 0.05) is 17.3 Å². The number of rotatable bonds is 3. The minimum Gasteiger partial charge on any atom is -0.352 e. The molecule has 0 saturated heterocycles. The molecule has 1 amide bonds. The molecule has 1 saturated carbocycles. The number of benzene rings is 1. The van der Waals surface area contributed by atoms with E-state index in [0.29, 0.717) is 18.5 Å². The Balaban J connectivity index is 1.73. The van der Waals surface area contributed by atoms with E-state index in [-0.39, 0.29) is 5.91 Å². The van der Waals surface area contributed by atoms with Crippen LogP contribution in [0.25, 0.3) is 10.9 Å². The number of nitrogens with one attached hydrogen (secondary N) is 1. The molecule has 0 bridgehead atoms. The van der Waals surface area contributed by atoms with Gasteiger partial charge in [-0.3, -0.25) is 4.79 Å². The number of amides is 1. The third-order valence-corrected chi connectivity index (χ3v) is 4.78. The van der Waals surface area contributed by atoms with Crippen molar-refractivity contribution in [3.05, 3.63) is 36.0 Å². The zero-order valence-electron chi connectivity index (χ0n) is 12.9. The lowest BCUT2D eigenvalue weighted by atomic mass is 9.86. The first-order valence-corrected chi connectivity index (χ1v) is 7.99. The summed E-state index contributed by atoms with van der Waals surface area (Å²) in [6.45, 7) is 4.74. The van der Waals surface area contributed by atoms with Crippen LogP contribution in [0, 0.1) is 12.8 Å². The highest BCUT2D eigenvalue weighted by Crippen LogP contribution is 2.24. The van der Waals surface area contributed by atoms with Crippen molar-refractivity contribution in [1.29, 1.82) is 0 Å². The molecule has 1 aliphatic carbocycles. The number of fused-ring (bicyclic) bond motifs is 1. The maximum absolute atomic E-state index is 12.4. The molecule has 1 fully saturated rings. The number of nitrogens with zero attached hydrogens (tertiary/aromatic N) is 1. The topological polar surface area (TPSA) is 34.0 Å². The van der Waals surface area contributed by atoms with Gasteiger partial charge in [-0.25, -0.2) is 0 Å². The Hall–Kier alpha value is -1.77. The molecule has 1 N–H and O–H groups in total. The van der Waals surface area contributed by atoms with Gasteiger partial charge in [0.2, 0.25) is 5.91 Å². The van der Waals surface area contributed by atoms with E-state index >= 15 is 0 Å². The van der Waals surface area contributed by atoms with Crippen LogP contribution >= 0.6 is 0 Å². The molecular weight excluding hydrogens is 260 g/mol. The van der Waals surface area contributed by atoms with E-state index in [9.17, 15) is 4.79 Å². The van der Waals surface area contributed by atoms with Crippen LogP contribution in [0.1, 0.15) is 38.3 Å². The largest absolute Gasteiger partial charge is 0.352 e. The zero-order chi connectivity index (χ0) is 14.8. The molecule has 1 aliphatic rings. The van der Waals surface area contributed by atoms with Crippen molar-refractivity contribution in [3.63, 3.8) is 0 Å². The van der Waals surface area contributed by atoms with Gasteiger partial charge in [0.1, 0.15) is 6.54 Å². The van der Waals surface area contributed by atoms with Gasteiger partial charge in [0.05, 0.1) is 0 Å². The SMILES string of the molecule is Cc1cc2ccccc2n1CC(=O)NC1CCCCC1C. The maximum Gasteiger partial charge on any atom is 0.240 e. The molecule has 0 radical (unpaired) electrons. The molecule has 1 aromatic carbocycles. The summed E-state index contributed by atoms with van der Waals surface area (Å²) in [5.74, 6) is 0.739. The Morgan fingerprint density at radius 1 is 1.29 bits per heavy atom. The van der Waals surface area contributed by atoms with E-state index in [4.69, 9.17) is 0 Å². The summed E-state index contributed by atoms with van der Waals surface area (Å²) in [6.07, 6.45) is 4.89. The van der Waals surface area contributed by atoms with Crippen molar-refractivity contribution < 1.29 is 4.79 Å². The van der Waals surface area contributed by atoms with E-state index in [1.54, 1.807) is 0 Å². The van der Waals surface area contributed by atoms with Crippen LogP contribution < -0.4 is 5.32 Å². The maximum atomic E-state index is 12.4. The Labute approximate surface area is 126 Å². The highest BCUT2D eigenvalue weighted by molar-refractivity contribution is 5.84. The van der Waals surface area contributed by atoms with Crippen LogP contribution in [-0.4, -0.2) is 16.5 Å². The van der Waals surface area contributed by atoms with Gasteiger partial charge < -0.3 is 9.88 Å². The van der Waals surface area contributed by atoms with Crippen molar-refractivity contribution in [2.45, 2.75) is 52.1 Å². The zero-order valence-corrected chi connectivity index (χ0v) is 12.9. The molecule has 3 heteroatoms. The lowest BCUT2D eigenvalue weighted by Crippen LogP contribution is -2.42. The Morgan fingerprint density at radius 3 is 2.86 bits per heavy atom. The average Bonchev–Trinajstić information content (AvgIpc) is 2.78. The predicted octanol–water partition coefficient (Wildman–Crippen LogP) is 3.64. The summed E-state index contributed by atoms with van der Waals surface area (Å²) in [5.41, 5.74) is 2.28. The van der Waals surface area contributed by atoms with Crippen LogP contribution in [0.5, 0.6) is 0 Å². The second-order valence-electron chi connectivity index (χ2n) is 6.37. The third kappa shape index (κ3) is 2.97. The fourth-order valence-corrected chi connectivity index (χ4v) is 3.48. The molecule has 1 aromatic heterocycles. The first kappa shape index (κ1) is 14.2. The molecule has 2 aromatic rings. The molecule has 3 nitrogen and oxygen atoms in total. The summed E-state index contributed by atoms with van der Waals surface area (Å²) in [7, 11) is 0. The van der Waals surface area contributed by atoms with Crippen LogP contribution in [-0.2, 0) is 11.3 Å². The fraction of sp³-hybridized carbons (Fsp3) is 0.500. The lowest BCUT2D eigenvalue weighted by molar-refractivity contribution is -0.122. The molecular formula is C18H24N2O. The lowest BCUT2D eigenvalue weighted by Gasteiger charge is -2.29. The monoisotopic (exact) mass is 284 g/mol. The van der Waals surface area contributed by atoms with Gasteiger partial charge in [-0.05, 0) is 43.2 Å². The first-order valence-electron chi connectivity index (χ1n) is 7.99. The van der Waals surface area contributed by atoms with E-state index in [1.165, 1.54) is 24.6 Å². The van der Waals surface area contributed by atoms with Crippen molar-refractivity contribution >= 4 is 16.8 Å². The van der Waals surface area contributed by atoms with Gasteiger partial charge in [0.25, 0.3) is 0 Å². The van der Waals surface area contributed by atoms with Crippen molar-refractivity contribution in [2.75, 3.05) is 0 Å². The highest BCUT2D eigenvalue weighted by Gasteiger charge is 2.23. The van der Waals surface area contributed by atoms with Crippen molar-refractivity contribution in [3.8, 4) is 0 Å². The number of carbonyl (C=O) groups is 1. The third-order valence-electron chi connectivity index (χ3n) is 4.78. The Kier molecular flexibility index (Phi) is 4.00. The van der Waals surface area contributed by atoms with E-state index in [0.717, 1.165) is 17.6 Å². The molecule has 2 unspecified atom stereocenters. The number of hydrogen-bond donors (Lipinski definition) is 1. The number of aryl methyl sites for hydroxylation is 1. The molecule has 0 spiro atoms. The van der Waals surface area contributed by atoms with Crippen LogP contribution in [0.3, 0.4) is 0 Å². The van der Waals surface area contributed by atoms with Crippen molar-refractivity contribution in [1.82, 2.24) is 9.88 Å². The molecule has 2 atom stereocenters. The second-order valence-corrected chi connectivity index (χ2v) is 6.37. The standard InChI is InChI=1S/C18H24N2O/c1-13-7-3-5-9-16(13)19-18(21)12-20-14(2)11-15-8-4-6-10-17(15)20/h4,6,8,10-11,13,16H,3,5,7,9,12H2,1-2H3,(H,19,21). The predicted molar refractivity (Wildman–Crippen MR) is 86.2 cm³/mol. The number of aromatic nitrogens is 1. The second kappa shape index (κ2) is 5.92. The first-order chi connectivity index (χ1) is 10.1. The Bertz CT molecular complexity index is 644. The molecule has 112 valence electrons. The van der Waals surface area contributed by atoms with Crippen molar-refractivity contribution in [2.24, 2.45) is 5.92 Å². The summed E-state index contributed by atoms with van der Waals surface area (Å²) in [5, 5.41) is 4.44. The van der Waals surface area contributed by atoms with Gasteiger partial charge in [-0.2, -0.15) is 0 Å². The fourth-order valence-electron chi connectivity index (χ4n) is 3.48. The number of para-hydroxylation sites is 1. The van der Waals surface area contributed by atoms with Crippen LogP contribution in [0.15, 0.2) is 30.3 Å². The number of hydrogen-bond acceptors (Lipinski definition) is 1. The summed E-state index contributed by atoms with van der Waals surface area (Å²) in [4.78, 5) is 12.4. The summed E-state index contributed by atoms with van der Waals surface area (Å²) >= 11 is 0. The van der Waals surface area contributed by atoms with Gasteiger partial charge >= 0.3 is 0 Å². The van der Waals surface area contributed by atoms with E-state index in [2.05, 4.69) is 41.9 Å². The summed E-state index contributed by atoms with van der Waals surface area (Å²) < 4.78 is 2.11. The average molecular weight is 284 g/mol. The van der Waals surface area contributed by atoms with Crippen LogP contribution in [0.2, 0.25) is 0 Å². The molecule has 0 aliphatic heterocycles. The smallest absolute Gasteiger partial charge is 0.240 e. The number of carbonyl (C=O) groups excluding carboxylic acids is 1. The normalized spacial score (nSPS) is 22.4. The molecule has 3 rings (SSSR count). The van der Waals surface area contributed by atoms with E-state index in [1.807, 2.05) is 12.1 Å². The summed E-state index contributed by atoms with van der Waals surface area (Å²) in [6, 6.07) is 10.7. The Morgan fingerprint density at radius 2 is 2.05 bits per heavy atom. The van der Waals surface area contributed by atoms with Gasteiger partial charge in [0.15, 0.2) is 0 Å². The molecule has 1 heterocycles. The molecule has 21 heavy (non-hydrogen) atoms.